The fourth-order valence-corrected chi connectivity index (χ4v) is 1.77. The lowest BCUT2D eigenvalue weighted by Gasteiger charge is -2.33. The van der Waals surface area contributed by atoms with Gasteiger partial charge in [0.2, 0.25) is 0 Å². The minimum Gasteiger partial charge on any atom is -0.328 e. The predicted molar refractivity (Wildman–Crippen MR) is 50.0 cm³/mol. The lowest BCUT2D eigenvalue weighted by Crippen LogP contribution is -2.36. The van der Waals surface area contributed by atoms with Crippen LogP contribution in [0.2, 0.25) is 0 Å². The second kappa shape index (κ2) is 3.36. The van der Waals surface area contributed by atoms with Gasteiger partial charge in [-0.25, -0.2) is 0 Å². The Kier molecular flexibility index (Phi) is 2.94. The van der Waals surface area contributed by atoms with Crippen LogP contribution in [0.5, 0.6) is 0 Å². The van der Waals surface area contributed by atoms with Gasteiger partial charge in [0, 0.05) is 6.04 Å². The fourth-order valence-electron chi connectivity index (χ4n) is 1.33. The lowest BCUT2D eigenvalue weighted by molar-refractivity contribution is 0.0904. The zero-order chi connectivity index (χ0) is 7.61. The van der Waals surface area contributed by atoms with Crippen molar-refractivity contribution < 1.29 is 3.07 Å². The van der Waals surface area contributed by atoms with Gasteiger partial charge in [-0.15, -0.1) is 0 Å². The fraction of sp³-hybridized carbons (Fsp3) is 1.00. The highest BCUT2D eigenvalue weighted by Crippen LogP contribution is 2.32. The van der Waals surface area contributed by atoms with E-state index in [1.807, 2.05) is 23.0 Å². The maximum absolute atomic E-state index is 5.75. The maximum atomic E-state index is 5.75. The Hall–Kier alpha value is 0.650. The van der Waals surface area contributed by atoms with E-state index in [9.17, 15) is 0 Å². The summed E-state index contributed by atoms with van der Waals surface area (Å²) in [6, 6.07) is 0.416. The topological polar surface area (TPSA) is 35.2 Å². The van der Waals surface area contributed by atoms with Gasteiger partial charge in [0.25, 0.3) is 0 Å². The van der Waals surface area contributed by atoms with Gasteiger partial charge in [-0.1, -0.05) is 0 Å². The van der Waals surface area contributed by atoms with E-state index < -0.39 is 0 Å². The molecule has 3 heteroatoms. The third kappa shape index (κ3) is 2.07. The van der Waals surface area contributed by atoms with Crippen LogP contribution in [0.25, 0.3) is 0 Å². The van der Waals surface area contributed by atoms with Crippen LogP contribution in [0.4, 0.5) is 0 Å². The van der Waals surface area contributed by atoms with Crippen LogP contribution in [0, 0.1) is 0 Å². The van der Waals surface area contributed by atoms with E-state index >= 15 is 0 Å². The average molecular weight is 255 g/mol. The quantitative estimate of drug-likeness (QED) is 0.727. The van der Waals surface area contributed by atoms with E-state index in [2.05, 4.69) is 6.92 Å². The number of hydrogen-bond donors (Lipinski definition) is 1. The summed E-state index contributed by atoms with van der Waals surface area (Å²) in [7, 11) is 0. The number of nitrogens with two attached hydrogens (primary N) is 1. The first-order valence-electron chi connectivity index (χ1n) is 3.72. The summed E-state index contributed by atoms with van der Waals surface area (Å²) in [5.74, 6) is 0. The van der Waals surface area contributed by atoms with Crippen LogP contribution < -0.4 is 5.73 Å². The SMILES string of the molecule is C[C@]1(OI)CC[C@@H](N)CC1. The van der Waals surface area contributed by atoms with E-state index in [-0.39, 0.29) is 5.60 Å². The minimum absolute atomic E-state index is 0.108. The first-order valence-corrected chi connectivity index (χ1v) is 4.60. The average Bonchev–Trinajstić information content (AvgIpc) is 1.96. The van der Waals surface area contributed by atoms with Crippen molar-refractivity contribution in [2.24, 2.45) is 5.73 Å². The number of hydrogen-bond acceptors (Lipinski definition) is 2. The van der Waals surface area contributed by atoms with Gasteiger partial charge in [0.05, 0.1) is 5.60 Å². The Labute approximate surface area is 76.2 Å². The lowest BCUT2D eigenvalue weighted by atomic mass is 9.84. The Morgan fingerprint density at radius 1 is 1.50 bits per heavy atom. The molecule has 0 aromatic carbocycles. The van der Waals surface area contributed by atoms with Crippen molar-refractivity contribution in [3.8, 4) is 0 Å². The zero-order valence-corrected chi connectivity index (χ0v) is 8.43. The molecule has 0 aliphatic heterocycles. The first kappa shape index (κ1) is 8.74. The molecule has 0 bridgehead atoms. The molecular formula is C7H14INO. The zero-order valence-electron chi connectivity index (χ0n) is 6.27. The molecule has 2 N–H and O–H groups in total. The molecule has 10 heavy (non-hydrogen) atoms. The molecule has 0 spiro atoms. The smallest absolute Gasteiger partial charge is 0.110 e. The highest BCUT2D eigenvalue weighted by Gasteiger charge is 2.29. The normalized spacial score (nSPS) is 41.7. The summed E-state index contributed by atoms with van der Waals surface area (Å²) in [6.45, 7) is 2.16. The van der Waals surface area contributed by atoms with Crippen LogP contribution in [0.1, 0.15) is 32.6 Å². The van der Waals surface area contributed by atoms with Gasteiger partial charge in [-0.05, 0) is 32.6 Å². The Bertz CT molecular complexity index is 110. The second-order valence-electron chi connectivity index (χ2n) is 3.36. The summed E-state index contributed by atoms with van der Waals surface area (Å²) < 4.78 is 5.34. The molecule has 60 valence electrons. The standard InChI is InChI=1S/C7H14INO/c1-7(10-8)4-2-6(9)3-5-7/h6H,2-5,9H2,1H3/t6-,7+. The van der Waals surface area contributed by atoms with Gasteiger partial charge in [0.1, 0.15) is 23.0 Å². The van der Waals surface area contributed by atoms with Crippen molar-refractivity contribution in [2.75, 3.05) is 0 Å². The molecule has 1 aliphatic carbocycles. The van der Waals surface area contributed by atoms with Crippen LogP contribution in [0.3, 0.4) is 0 Å². The van der Waals surface area contributed by atoms with Crippen molar-refractivity contribution in [3.05, 3.63) is 0 Å². The van der Waals surface area contributed by atoms with Gasteiger partial charge in [-0.2, -0.15) is 0 Å². The number of rotatable bonds is 1. The van der Waals surface area contributed by atoms with Gasteiger partial charge >= 0.3 is 0 Å². The van der Waals surface area contributed by atoms with Crippen molar-refractivity contribution in [2.45, 2.75) is 44.2 Å². The molecule has 0 heterocycles. The Morgan fingerprint density at radius 2 is 2.00 bits per heavy atom. The van der Waals surface area contributed by atoms with Crippen molar-refractivity contribution >= 4 is 23.0 Å². The van der Waals surface area contributed by atoms with Gasteiger partial charge in [0.15, 0.2) is 0 Å². The molecule has 0 aromatic rings. The molecule has 1 aliphatic rings. The third-order valence-electron chi connectivity index (χ3n) is 2.27. The van der Waals surface area contributed by atoms with Gasteiger partial charge < -0.3 is 8.80 Å². The van der Waals surface area contributed by atoms with E-state index in [4.69, 9.17) is 8.80 Å². The van der Waals surface area contributed by atoms with Crippen LogP contribution in [0.15, 0.2) is 0 Å². The van der Waals surface area contributed by atoms with Crippen molar-refractivity contribution in [3.63, 3.8) is 0 Å². The van der Waals surface area contributed by atoms with Crippen LogP contribution in [-0.4, -0.2) is 11.6 Å². The van der Waals surface area contributed by atoms with E-state index in [1.54, 1.807) is 0 Å². The summed E-state index contributed by atoms with van der Waals surface area (Å²) in [5.41, 5.74) is 5.86. The molecule has 0 unspecified atom stereocenters. The summed E-state index contributed by atoms with van der Waals surface area (Å²) in [4.78, 5) is 0. The second-order valence-corrected chi connectivity index (χ2v) is 3.80. The van der Waals surface area contributed by atoms with E-state index in [1.165, 1.54) is 0 Å². The number of halogens is 1. The van der Waals surface area contributed by atoms with Crippen LogP contribution >= 0.6 is 23.0 Å². The Balaban J connectivity index is 2.38. The van der Waals surface area contributed by atoms with Gasteiger partial charge in [-0.3, -0.25) is 0 Å². The maximum Gasteiger partial charge on any atom is 0.110 e. The molecule has 1 fully saturated rings. The molecule has 0 amide bonds. The highest BCUT2D eigenvalue weighted by molar-refractivity contribution is 14.1. The molecular weight excluding hydrogens is 241 g/mol. The molecule has 0 saturated heterocycles. The molecule has 0 aromatic heterocycles. The molecule has 0 atom stereocenters. The van der Waals surface area contributed by atoms with Crippen molar-refractivity contribution in [1.82, 2.24) is 0 Å². The van der Waals surface area contributed by atoms with Crippen molar-refractivity contribution in [1.29, 1.82) is 0 Å². The molecule has 1 rings (SSSR count). The largest absolute Gasteiger partial charge is 0.328 e. The van der Waals surface area contributed by atoms with E-state index in [0.29, 0.717) is 6.04 Å². The summed E-state index contributed by atoms with van der Waals surface area (Å²) in [5, 5.41) is 0. The molecule has 2 nitrogen and oxygen atoms in total. The predicted octanol–water partition coefficient (Wildman–Crippen LogP) is 2.01. The highest BCUT2D eigenvalue weighted by atomic mass is 127. The first-order chi connectivity index (χ1) is 4.66. The Morgan fingerprint density at radius 3 is 2.40 bits per heavy atom. The monoisotopic (exact) mass is 255 g/mol. The molecule has 1 saturated carbocycles. The van der Waals surface area contributed by atoms with E-state index in [0.717, 1.165) is 25.7 Å². The third-order valence-corrected chi connectivity index (χ3v) is 3.34. The summed E-state index contributed by atoms with van der Waals surface area (Å²) in [6.07, 6.45) is 4.44. The molecule has 0 radical (unpaired) electrons. The minimum atomic E-state index is 0.108. The summed E-state index contributed by atoms with van der Waals surface area (Å²) >= 11 is 1.99. The van der Waals surface area contributed by atoms with Crippen LogP contribution in [-0.2, 0) is 3.07 Å².